The Labute approximate surface area is 154 Å². The summed E-state index contributed by atoms with van der Waals surface area (Å²) in [4.78, 5) is 26.8. The van der Waals surface area contributed by atoms with Gasteiger partial charge in [0, 0.05) is 12.2 Å². The molecular formula is C19H31FN4O2+2. The summed E-state index contributed by atoms with van der Waals surface area (Å²) < 4.78 is 12.9. The van der Waals surface area contributed by atoms with Gasteiger partial charge >= 0.3 is 0 Å². The van der Waals surface area contributed by atoms with Gasteiger partial charge in [-0.25, -0.2) is 4.39 Å². The molecule has 1 aliphatic rings. The van der Waals surface area contributed by atoms with Gasteiger partial charge < -0.3 is 20.4 Å². The van der Waals surface area contributed by atoms with Crippen LogP contribution in [0.5, 0.6) is 0 Å². The fourth-order valence-corrected chi connectivity index (χ4v) is 3.20. The lowest BCUT2D eigenvalue weighted by molar-refractivity contribution is -1.01. The van der Waals surface area contributed by atoms with Crippen molar-refractivity contribution >= 4 is 17.5 Å². The number of piperazine rings is 1. The molecule has 0 bridgehead atoms. The fourth-order valence-electron chi connectivity index (χ4n) is 3.20. The molecule has 1 aromatic carbocycles. The summed E-state index contributed by atoms with van der Waals surface area (Å²) in [5.41, 5.74) is 0.607. The van der Waals surface area contributed by atoms with E-state index in [1.807, 2.05) is 6.92 Å². The Bertz CT molecular complexity index is 586. The molecule has 1 fully saturated rings. The van der Waals surface area contributed by atoms with Crippen molar-refractivity contribution in [1.29, 1.82) is 0 Å². The van der Waals surface area contributed by atoms with E-state index in [4.69, 9.17) is 0 Å². The van der Waals surface area contributed by atoms with Crippen molar-refractivity contribution in [2.24, 2.45) is 0 Å². The Hall–Kier alpha value is -1.99. The van der Waals surface area contributed by atoms with Crippen molar-refractivity contribution in [2.45, 2.75) is 32.7 Å². The zero-order valence-electron chi connectivity index (χ0n) is 15.7. The molecule has 144 valence electrons. The van der Waals surface area contributed by atoms with Gasteiger partial charge in [-0.05, 0) is 37.6 Å². The van der Waals surface area contributed by atoms with E-state index in [2.05, 4.69) is 17.6 Å². The monoisotopic (exact) mass is 366 g/mol. The van der Waals surface area contributed by atoms with Gasteiger partial charge in [-0.3, -0.25) is 9.59 Å². The Morgan fingerprint density at radius 2 is 1.81 bits per heavy atom. The molecule has 7 heteroatoms. The number of unbranched alkanes of at least 4 members (excludes halogenated alkanes) is 1. The average Bonchev–Trinajstić information content (AvgIpc) is 2.64. The van der Waals surface area contributed by atoms with Crippen molar-refractivity contribution < 1.29 is 23.8 Å². The number of carbonyl (C=O) groups is 2. The first-order chi connectivity index (χ1) is 12.5. The van der Waals surface area contributed by atoms with Gasteiger partial charge in [0.15, 0.2) is 12.6 Å². The second-order valence-corrected chi connectivity index (χ2v) is 7.01. The largest absolute Gasteiger partial charge is 0.351 e. The highest BCUT2D eigenvalue weighted by Gasteiger charge is 2.31. The minimum atomic E-state index is -0.320. The highest BCUT2D eigenvalue weighted by molar-refractivity contribution is 5.93. The predicted molar refractivity (Wildman–Crippen MR) is 98.7 cm³/mol. The summed E-state index contributed by atoms with van der Waals surface area (Å²) in [5, 5.41) is 5.80. The summed E-state index contributed by atoms with van der Waals surface area (Å²) in [6.07, 6.45) is 2.09. The summed E-state index contributed by atoms with van der Waals surface area (Å²) >= 11 is 0. The highest BCUT2D eigenvalue weighted by atomic mass is 19.1. The molecule has 0 spiro atoms. The standard InChI is InChI=1S/C19H29FN4O2/c1-3-4-9-21-18(25)14-23-10-12-24(13-11-23)15(2)19(26)22-17-7-5-16(20)6-8-17/h5-8,15H,3-4,9-14H2,1-2H3,(H,21,25)(H,22,26)/p+2/t15-/m0/s1. The molecular weight excluding hydrogens is 335 g/mol. The number of halogens is 1. The number of amides is 2. The van der Waals surface area contributed by atoms with Crippen LogP contribution in [0.2, 0.25) is 0 Å². The van der Waals surface area contributed by atoms with Crippen LogP contribution in [0.4, 0.5) is 10.1 Å². The fraction of sp³-hybridized carbons (Fsp3) is 0.579. The van der Waals surface area contributed by atoms with E-state index in [0.717, 1.165) is 45.6 Å². The van der Waals surface area contributed by atoms with E-state index in [1.165, 1.54) is 21.9 Å². The molecule has 1 aliphatic heterocycles. The molecule has 4 N–H and O–H groups in total. The number of anilines is 1. The van der Waals surface area contributed by atoms with Crippen LogP contribution in [0.3, 0.4) is 0 Å². The lowest BCUT2D eigenvalue weighted by atomic mass is 10.2. The minimum Gasteiger partial charge on any atom is -0.351 e. The van der Waals surface area contributed by atoms with Crippen LogP contribution in [0, 0.1) is 5.82 Å². The Morgan fingerprint density at radius 1 is 1.15 bits per heavy atom. The van der Waals surface area contributed by atoms with Gasteiger partial charge in [0.1, 0.15) is 32.0 Å². The molecule has 1 saturated heterocycles. The summed E-state index contributed by atoms with van der Waals surface area (Å²) in [5.74, 6) is -0.272. The predicted octanol–water partition coefficient (Wildman–Crippen LogP) is -1.15. The van der Waals surface area contributed by atoms with Gasteiger partial charge in [0.2, 0.25) is 0 Å². The minimum absolute atomic E-state index is 0.0626. The molecule has 0 radical (unpaired) electrons. The maximum Gasteiger partial charge on any atom is 0.282 e. The number of benzene rings is 1. The summed E-state index contributed by atoms with van der Waals surface area (Å²) in [6.45, 7) is 8.75. The van der Waals surface area contributed by atoms with Crippen LogP contribution in [0.1, 0.15) is 26.7 Å². The molecule has 0 saturated carbocycles. The molecule has 0 aromatic heterocycles. The second-order valence-electron chi connectivity index (χ2n) is 7.01. The van der Waals surface area contributed by atoms with Crippen LogP contribution >= 0.6 is 0 Å². The van der Waals surface area contributed by atoms with Gasteiger partial charge in [-0.1, -0.05) is 13.3 Å². The maximum atomic E-state index is 12.9. The number of nitrogens with one attached hydrogen (secondary N) is 4. The van der Waals surface area contributed by atoms with E-state index >= 15 is 0 Å². The van der Waals surface area contributed by atoms with Crippen molar-refractivity contribution in [3.63, 3.8) is 0 Å². The maximum absolute atomic E-state index is 12.9. The Balaban J connectivity index is 1.73. The number of rotatable bonds is 8. The lowest BCUT2D eigenvalue weighted by Crippen LogP contribution is -3.30. The summed E-state index contributed by atoms with van der Waals surface area (Å²) in [7, 11) is 0. The number of hydrogen-bond donors (Lipinski definition) is 4. The number of hydrogen-bond acceptors (Lipinski definition) is 2. The van der Waals surface area contributed by atoms with E-state index < -0.39 is 0 Å². The first kappa shape index (κ1) is 20.3. The van der Waals surface area contributed by atoms with Crippen molar-refractivity contribution in [2.75, 3.05) is 44.6 Å². The van der Waals surface area contributed by atoms with Crippen LogP contribution in [-0.2, 0) is 9.59 Å². The molecule has 2 rings (SSSR count). The third-order valence-corrected chi connectivity index (χ3v) is 4.98. The van der Waals surface area contributed by atoms with Gasteiger partial charge in [-0.15, -0.1) is 0 Å². The lowest BCUT2D eigenvalue weighted by Gasteiger charge is -2.32. The number of carbonyl (C=O) groups excluding carboxylic acids is 2. The molecule has 1 aromatic rings. The molecule has 1 atom stereocenters. The molecule has 2 amide bonds. The van der Waals surface area contributed by atoms with Crippen molar-refractivity contribution in [3.8, 4) is 0 Å². The van der Waals surface area contributed by atoms with Crippen molar-refractivity contribution in [3.05, 3.63) is 30.1 Å². The van der Waals surface area contributed by atoms with Crippen LogP contribution in [-0.4, -0.2) is 57.1 Å². The zero-order chi connectivity index (χ0) is 18.9. The van der Waals surface area contributed by atoms with Gasteiger partial charge in [0.25, 0.3) is 11.8 Å². The second kappa shape index (κ2) is 10.2. The topological polar surface area (TPSA) is 67.1 Å². The van der Waals surface area contributed by atoms with E-state index in [-0.39, 0.29) is 23.7 Å². The normalized spacial score (nSPS) is 21.0. The van der Waals surface area contributed by atoms with Crippen LogP contribution in [0.15, 0.2) is 24.3 Å². The molecule has 26 heavy (non-hydrogen) atoms. The molecule has 1 heterocycles. The Kier molecular flexibility index (Phi) is 8.00. The Morgan fingerprint density at radius 3 is 2.42 bits per heavy atom. The third-order valence-electron chi connectivity index (χ3n) is 4.98. The number of quaternary nitrogens is 2. The highest BCUT2D eigenvalue weighted by Crippen LogP contribution is 2.08. The smallest absolute Gasteiger partial charge is 0.282 e. The van der Waals surface area contributed by atoms with Gasteiger partial charge in [-0.2, -0.15) is 0 Å². The van der Waals surface area contributed by atoms with E-state index in [9.17, 15) is 14.0 Å². The van der Waals surface area contributed by atoms with E-state index in [0.29, 0.717) is 12.2 Å². The average molecular weight is 366 g/mol. The third kappa shape index (κ3) is 6.38. The first-order valence-electron chi connectivity index (χ1n) is 9.51. The van der Waals surface area contributed by atoms with Crippen molar-refractivity contribution in [1.82, 2.24) is 5.32 Å². The SMILES string of the molecule is CCCCNC(=O)C[NH+]1CC[NH+]([C@@H](C)C(=O)Nc2ccc(F)cc2)CC1. The zero-order valence-corrected chi connectivity index (χ0v) is 15.7. The quantitative estimate of drug-likeness (QED) is 0.439. The van der Waals surface area contributed by atoms with Crippen LogP contribution < -0.4 is 20.4 Å². The molecule has 0 unspecified atom stereocenters. The molecule has 0 aliphatic carbocycles. The van der Waals surface area contributed by atoms with Gasteiger partial charge in [0.05, 0.1) is 0 Å². The summed E-state index contributed by atoms with van der Waals surface area (Å²) in [6, 6.07) is 5.62. The molecule has 6 nitrogen and oxygen atoms in total. The van der Waals surface area contributed by atoms with E-state index in [1.54, 1.807) is 12.1 Å². The first-order valence-corrected chi connectivity index (χ1v) is 9.51. The van der Waals surface area contributed by atoms with Crippen LogP contribution in [0.25, 0.3) is 0 Å².